The van der Waals surface area contributed by atoms with E-state index in [1.54, 1.807) is 11.3 Å². The van der Waals surface area contributed by atoms with E-state index in [0.29, 0.717) is 0 Å². The first-order valence-corrected chi connectivity index (χ1v) is 7.09. The minimum Gasteiger partial charge on any atom is -0.501 e. The van der Waals surface area contributed by atoms with Gasteiger partial charge in [-0.15, -0.1) is 11.3 Å². The van der Waals surface area contributed by atoms with Crippen molar-refractivity contribution >= 4 is 43.2 Å². The van der Waals surface area contributed by atoms with Crippen LogP contribution < -0.4 is 5.73 Å². The van der Waals surface area contributed by atoms with Gasteiger partial charge in [0, 0.05) is 0 Å². The maximum atomic E-state index is 6.19. The summed E-state index contributed by atoms with van der Waals surface area (Å²) in [6.45, 7) is 0.810. The van der Waals surface area contributed by atoms with Gasteiger partial charge in [-0.3, -0.25) is 0 Å². The van der Waals surface area contributed by atoms with E-state index < -0.39 is 0 Å². The van der Waals surface area contributed by atoms with Gasteiger partial charge >= 0.3 is 0 Å². The molecule has 2 nitrogen and oxygen atoms in total. The average molecular weight is 353 g/mol. The second kappa shape index (κ2) is 4.99. The molecular weight excluding hydrogens is 342 g/mol. The summed E-state index contributed by atoms with van der Waals surface area (Å²) in [6, 6.07) is 2.01. The summed E-state index contributed by atoms with van der Waals surface area (Å²) < 4.78 is 7.49. The molecule has 0 saturated carbocycles. The van der Waals surface area contributed by atoms with E-state index in [1.807, 2.05) is 6.26 Å². The summed E-state index contributed by atoms with van der Waals surface area (Å²) in [5, 5.41) is 0. The molecule has 2 N–H and O–H groups in total. The van der Waals surface area contributed by atoms with E-state index in [9.17, 15) is 0 Å². The highest BCUT2D eigenvalue weighted by Crippen LogP contribution is 2.38. The Morgan fingerprint density at radius 2 is 2.27 bits per heavy atom. The quantitative estimate of drug-likeness (QED) is 0.874. The van der Waals surface area contributed by atoms with Crippen molar-refractivity contribution in [3.8, 4) is 0 Å². The third kappa shape index (κ3) is 2.64. The molecule has 0 aromatic carbocycles. The van der Waals surface area contributed by atoms with Gasteiger partial charge in [0.1, 0.15) is 0 Å². The fraction of sp³-hybridized carbons (Fsp3) is 0.400. The van der Waals surface area contributed by atoms with Crippen LogP contribution in [0.2, 0.25) is 0 Å². The number of rotatable bonds is 2. The average Bonchev–Trinajstić information content (AvgIpc) is 2.58. The van der Waals surface area contributed by atoms with Crippen molar-refractivity contribution in [2.75, 3.05) is 6.61 Å². The molecular formula is C10H11Br2NOS. The van der Waals surface area contributed by atoms with Gasteiger partial charge in [-0.1, -0.05) is 0 Å². The lowest BCUT2D eigenvalue weighted by atomic mass is 9.98. The third-order valence-electron chi connectivity index (χ3n) is 2.38. The highest BCUT2D eigenvalue weighted by atomic mass is 79.9. The van der Waals surface area contributed by atoms with Gasteiger partial charge in [-0.05, 0) is 61.9 Å². The van der Waals surface area contributed by atoms with E-state index in [-0.39, 0.29) is 6.04 Å². The molecule has 15 heavy (non-hydrogen) atoms. The minimum atomic E-state index is -0.0535. The normalized spacial score (nSPS) is 18.2. The molecule has 0 saturated heterocycles. The molecule has 1 atom stereocenters. The first-order chi connectivity index (χ1) is 7.18. The molecule has 2 heterocycles. The first kappa shape index (κ1) is 11.6. The Kier molecular flexibility index (Phi) is 3.88. The monoisotopic (exact) mass is 351 g/mol. The van der Waals surface area contributed by atoms with Crippen molar-refractivity contribution in [1.29, 1.82) is 0 Å². The lowest BCUT2D eigenvalue weighted by Gasteiger charge is -2.19. The lowest BCUT2D eigenvalue weighted by Crippen LogP contribution is -2.16. The molecule has 1 aliphatic heterocycles. The van der Waals surface area contributed by atoms with Crippen LogP contribution >= 0.6 is 43.2 Å². The van der Waals surface area contributed by atoms with Crippen LogP contribution in [0.3, 0.4) is 0 Å². The molecule has 1 aliphatic rings. The van der Waals surface area contributed by atoms with Crippen LogP contribution in [0, 0.1) is 0 Å². The molecule has 0 aliphatic carbocycles. The van der Waals surface area contributed by atoms with E-state index in [1.165, 1.54) is 5.57 Å². The lowest BCUT2D eigenvalue weighted by molar-refractivity contribution is 0.221. The fourth-order valence-electron chi connectivity index (χ4n) is 1.58. The maximum absolute atomic E-state index is 6.19. The van der Waals surface area contributed by atoms with Crippen LogP contribution in [-0.4, -0.2) is 6.61 Å². The van der Waals surface area contributed by atoms with Crippen LogP contribution in [0.5, 0.6) is 0 Å². The van der Waals surface area contributed by atoms with Gasteiger partial charge in [0.15, 0.2) is 0 Å². The molecule has 82 valence electrons. The van der Waals surface area contributed by atoms with Gasteiger partial charge in [-0.25, -0.2) is 0 Å². The van der Waals surface area contributed by atoms with Gasteiger partial charge in [0.25, 0.3) is 0 Å². The van der Waals surface area contributed by atoms with Gasteiger partial charge < -0.3 is 10.5 Å². The standard InChI is InChI=1S/C10H11Br2NOS/c11-8-4-7(10(12)15-8)9(13)6-2-1-3-14-5-6/h4-5,9H,1-3,13H2. The molecule has 5 heteroatoms. The Labute approximate surface area is 110 Å². The zero-order chi connectivity index (χ0) is 10.8. The van der Waals surface area contributed by atoms with Crippen molar-refractivity contribution in [3.05, 3.63) is 31.0 Å². The van der Waals surface area contributed by atoms with Crippen LogP contribution in [0.4, 0.5) is 0 Å². The van der Waals surface area contributed by atoms with Crippen molar-refractivity contribution in [3.63, 3.8) is 0 Å². The summed E-state index contributed by atoms with van der Waals surface area (Å²) >= 11 is 8.63. The number of ether oxygens (including phenoxy) is 1. The van der Waals surface area contributed by atoms with E-state index in [2.05, 4.69) is 37.9 Å². The van der Waals surface area contributed by atoms with Crippen LogP contribution in [0.1, 0.15) is 24.4 Å². The van der Waals surface area contributed by atoms with Crippen LogP contribution in [-0.2, 0) is 4.74 Å². The molecule has 0 radical (unpaired) electrons. The number of nitrogens with two attached hydrogens (primary N) is 1. The molecule has 2 rings (SSSR count). The Hall–Kier alpha value is 0.160. The smallest absolute Gasteiger partial charge is 0.0876 e. The first-order valence-electron chi connectivity index (χ1n) is 4.69. The Morgan fingerprint density at radius 3 is 2.80 bits per heavy atom. The number of thiophene rings is 1. The fourth-order valence-corrected chi connectivity index (χ4v) is 4.51. The van der Waals surface area contributed by atoms with Crippen LogP contribution in [0.15, 0.2) is 25.5 Å². The SMILES string of the molecule is NC(C1=COCCC1)c1cc(Br)sc1Br. The van der Waals surface area contributed by atoms with Crippen molar-refractivity contribution in [1.82, 2.24) is 0 Å². The topological polar surface area (TPSA) is 35.2 Å². The summed E-state index contributed by atoms with van der Waals surface area (Å²) in [6.07, 6.45) is 3.90. The molecule has 0 amide bonds. The maximum Gasteiger partial charge on any atom is 0.0876 e. The molecule has 1 aromatic rings. The molecule has 1 unspecified atom stereocenters. The van der Waals surface area contributed by atoms with Crippen molar-refractivity contribution in [2.45, 2.75) is 18.9 Å². The number of hydrogen-bond acceptors (Lipinski definition) is 3. The predicted molar refractivity (Wildman–Crippen MR) is 69.9 cm³/mol. The summed E-state index contributed by atoms with van der Waals surface area (Å²) in [7, 11) is 0. The Balaban J connectivity index is 2.23. The van der Waals surface area contributed by atoms with Crippen molar-refractivity contribution < 1.29 is 4.74 Å². The predicted octanol–water partition coefficient (Wildman–Crippen LogP) is 3.97. The van der Waals surface area contributed by atoms with Gasteiger partial charge in [0.2, 0.25) is 0 Å². The zero-order valence-electron chi connectivity index (χ0n) is 8.00. The van der Waals surface area contributed by atoms with Crippen molar-refractivity contribution in [2.24, 2.45) is 5.73 Å². The van der Waals surface area contributed by atoms with E-state index in [0.717, 1.165) is 32.6 Å². The second-order valence-corrected chi connectivity index (χ2v) is 7.17. The van der Waals surface area contributed by atoms with E-state index in [4.69, 9.17) is 10.5 Å². The van der Waals surface area contributed by atoms with Gasteiger partial charge in [-0.2, -0.15) is 0 Å². The minimum absolute atomic E-state index is 0.0535. The zero-order valence-corrected chi connectivity index (χ0v) is 12.0. The molecule has 0 spiro atoms. The summed E-state index contributed by atoms with van der Waals surface area (Å²) in [4.78, 5) is 0. The third-order valence-corrected chi connectivity index (χ3v) is 4.77. The van der Waals surface area contributed by atoms with E-state index >= 15 is 0 Å². The highest BCUT2D eigenvalue weighted by molar-refractivity contribution is 9.12. The highest BCUT2D eigenvalue weighted by Gasteiger charge is 2.19. The Morgan fingerprint density at radius 1 is 1.47 bits per heavy atom. The number of halogens is 2. The van der Waals surface area contributed by atoms with Gasteiger partial charge in [0.05, 0.1) is 26.5 Å². The molecule has 0 bridgehead atoms. The molecule has 0 fully saturated rings. The summed E-state index contributed by atoms with van der Waals surface area (Å²) in [5.74, 6) is 0. The van der Waals surface area contributed by atoms with Crippen LogP contribution in [0.25, 0.3) is 0 Å². The second-order valence-electron chi connectivity index (χ2n) is 3.42. The summed E-state index contributed by atoms with van der Waals surface area (Å²) in [5.41, 5.74) is 8.49. The largest absolute Gasteiger partial charge is 0.501 e. The Bertz CT molecular complexity index is 389. The molecule has 1 aromatic heterocycles. The number of hydrogen-bond donors (Lipinski definition) is 1.